The molecule has 0 spiro atoms. The molecular weight excluding hydrogens is 340 g/mol. The zero-order valence-electron chi connectivity index (χ0n) is 16.5. The summed E-state index contributed by atoms with van der Waals surface area (Å²) >= 11 is 0. The normalized spacial score (nSPS) is 31.3. The smallest absolute Gasteiger partial charge is 0.191 e. The number of aliphatic imine (C=N–C) groups is 1. The maximum absolute atomic E-state index is 6.33. The summed E-state index contributed by atoms with van der Waals surface area (Å²) in [5.74, 6) is 1.25. The van der Waals surface area contributed by atoms with Gasteiger partial charge in [0.1, 0.15) is 0 Å². The zero-order chi connectivity index (χ0) is 19.8. The number of hydrogen-bond donors (Lipinski definition) is 4. The Balaban J connectivity index is 0.00000126. The minimum Gasteiger partial charge on any atom is -0.376 e. The van der Waals surface area contributed by atoms with Gasteiger partial charge in [-0.25, -0.2) is 11.1 Å². The average Bonchev–Trinajstić information content (AvgIpc) is 3.01. The van der Waals surface area contributed by atoms with Crippen molar-refractivity contribution in [1.82, 2.24) is 4.90 Å². The summed E-state index contributed by atoms with van der Waals surface area (Å²) < 4.78 is 6.26. The molecule has 150 valence electrons. The quantitative estimate of drug-likeness (QED) is 0.367. The van der Waals surface area contributed by atoms with E-state index < -0.39 is 0 Å². The summed E-state index contributed by atoms with van der Waals surface area (Å²) in [6, 6.07) is 11.4. The number of rotatable bonds is 4. The lowest BCUT2D eigenvalue weighted by molar-refractivity contribution is 0.00124. The van der Waals surface area contributed by atoms with Crippen molar-refractivity contribution < 1.29 is 4.74 Å². The number of guanidine groups is 1. The second-order valence-corrected chi connectivity index (χ2v) is 7.52. The van der Waals surface area contributed by atoms with Crippen LogP contribution in [0.2, 0.25) is 0 Å². The van der Waals surface area contributed by atoms with Crippen molar-refractivity contribution in [2.45, 2.75) is 69.2 Å². The third kappa shape index (κ3) is 5.26. The highest BCUT2D eigenvalue weighted by Gasteiger charge is 2.38. The van der Waals surface area contributed by atoms with Gasteiger partial charge in [-0.05, 0) is 50.5 Å². The molecule has 1 aromatic rings. The first kappa shape index (κ1) is 21.3. The Hall–Kier alpha value is -1.99. The van der Waals surface area contributed by atoms with Crippen LogP contribution in [0.25, 0.3) is 0 Å². The molecule has 7 nitrogen and oxygen atoms in total. The summed E-state index contributed by atoms with van der Waals surface area (Å²) in [6.07, 6.45) is 5.91. The van der Waals surface area contributed by atoms with Crippen molar-refractivity contribution in [2.75, 3.05) is 13.7 Å². The van der Waals surface area contributed by atoms with Crippen LogP contribution in [0.3, 0.4) is 0 Å². The predicted molar refractivity (Wildman–Crippen MR) is 108 cm³/mol. The van der Waals surface area contributed by atoms with Crippen LogP contribution < -0.4 is 11.5 Å². The van der Waals surface area contributed by atoms with E-state index in [1.807, 2.05) is 0 Å². The van der Waals surface area contributed by atoms with Crippen LogP contribution in [-0.2, 0) is 4.74 Å². The van der Waals surface area contributed by atoms with Crippen LogP contribution in [0.5, 0.6) is 0 Å². The van der Waals surface area contributed by atoms with E-state index in [2.05, 4.69) is 47.1 Å². The number of nitrogens with one attached hydrogen (secondary N) is 2. The van der Waals surface area contributed by atoms with Crippen LogP contribution >= 0.6 is 0 Å². The van der Waals surface area contributed by atoms with Gasteiger partial charge >= 0.3 is 0 Å². The van der Waals surface area contributed by atoms with E-state index in [-0.39, 0.29) is 12.1 Å². The van der Waals surface area contributed by atoms with Gasteiger partial charge in [0.2, 0.25) is 0 Å². The molecule has 3 atom stereocenters. The van der Waals surface area contributed by atoms with Crippen LogP contribution in [0.1, 0.15) is 50.5 Å². The molecule has 2 fully saturated rings. The fourth-order valence-corrected chi connectivity index (χ4v) is 4.44. The van der Waals surface area contributed by atoms with E-state index in [1.165, 1.54) is 18.4 Å². The first-order valence-electron chi connectivity index (χ1n) is 9.77. The molecule has 1 aromatic carbocycles. The molecule has 1 saturated heterocycles. The highest BCUT2D eigenvalue weighted by Crippen LogP contribution is 2.34. The van der Waals surface area contributed by atoms with Gasteiger partial charge in [0.15, 0.2) is 5.96 Å². The predicted octanol–water partition coefficient (Wildman–Crippen LogP) is 3.06. The number of nitrogens with zero attached hydrogens (tertiary/aromatic N) is 2. The average molecular weight is 375 g/mol. The lowest BCUT2D eigenvalue weighted by atomic mass is 9.83. The van der Waals surface area contributed by atoms with Crippen molar-refractivity contribution in [3.63, 3.8) is 0 Å². The SMILES string of the molecule is CN=C(N)N1C(C)CC(N)C1COC1CCC(c2ccccc2)CC1.N=N. The Labute approximate surface area is 162 Å². The van der Waals surface area contributed by atoms with Gasteiger partial charge in [0, 0.05) is 19.1 Å². The molecular formula is C20H34N6O. The maximum atomic E-state index is 6.33. The Morgan fingerprint density at radius 3 is 2.41 bits per heavy atom. The molecule has 1 aliphatic carbocycles. The molecule has 3 rings (SSSR count). The molecule has 0 amide bonds. The molecule has 0 radical (unpaired) electrons. The molecule has 3 unspecified atom stereocenters. The second-order valence-electron chi connectivity index (χ2n) is 7.52. The molecule has 6 N–H and O–H groups in total. The van der Waals surface area contributed by atoms with Crippen molar-refractivity contribution in [3.8, 4) is 0 Å². The number of nitrogens with two attached hydrogens (primary N) is 2. The Morgan fingerprint density at radius 1 is 1.19 bits per heavy atom. The first-order valence-corrected chi connectivity index (χ1v) is 9.77. The van der Waals surface area contributed by atoms with Crippen molar-refractivity contribution in [3.05, 3.63) is 35.9 Å². The van der Waals surface area contributed by atoms with Gasteiger partial charge in [-0.2, -0.15) is 0 Å². The highest BCUT2D eigenvalue weighted by molar-refractivity contribution is 5.79. The van der Waals surface area contributed by atoms with Gasteiger partial charge in [-0.3, -0.25) is 4.99 Å². The molecule has 1 heterocycles. The van der Waals surface area contributed by atoms with Gasteiger partial charge in [-0.1, -0.05) is 30.3 Å². The zero-order valence-corrected chi connectivity index (χ0v) is 16.5. The minimum absolute atomic E-state index is 0.0935. The fourth-order valence-electron chi connectivity index (χ4n) is 4.44. The summed E-state index contributed by atoms with van der Waals surface area (Å²) in [5, 5.41) is 0. The van der Waals surface area contributed by atoms with Crippen LogP contribution in [-0.4, -0.2) is 48.7 Å². The molecule has 2 aliphatic rings. The Morgan fingerprint density at radius 2 is 1.81 bits per heavy atom. The first-order chi connectivity index (χ1) is 13.1. The summed E-state index contributed by atoms with van der Waals surface area (Å²) in [4.78, 5) is 6.29. The van der Waals surface area contributed by atoms with Gasteiger partial charge in [-0.15, -0.1) is 0 Å². The fraction of sp³-hybridized carbons (Fsp3) is 0.650. The molecule has 1 saturated carbocycles. The molecule has 1 aliphatic heterocycles. The minimum atomic E-state index is 0.0935. The molecule has 0 aromatic heterocycles. The van der Waals surface area contributed by atoms with Crippen LogP contribution in [0.4, 0.5) is 0 Å². The van der Waals surface area contributed by atoms with Crippen molar-refractivity contribution in [2.24, 2.45) is 16.5 Å². The second kappa shape index (κ2) is 10.4. The number of likely N-dealkylation sites (tertiary alicyclic amines) is 1. The Bertz CT molecular complexity index is 587. The van der Waals surface area contributed by atoms with Crippen molar-refractivity contribution >= 4 is 5.96 Å². The van der Waals surface area contributed by atoms with Gasteiger partial charge in [0.05, 0.1) is 18.8 Å². The van der Waals surface area contributed by atoms with E-state index in [0.29, 0.717) is 30.6 Å². The third-order valence-corrected chi connectivity index (χ3v) is 5.88. The van der Waals surface area contributed by atoms with E-state index in [1.54, 1.807) is 7.05 Å². The Kier molecular flexibility index (Phi) is 8.19. The van der Waals surface area contributed by atoms with E-state index in [4.69, 9.17) is 27.3 Å². The van der Waals surface area contributed by atoms with E-state index >= 15 is 0 Å². The van der Waals surface area contributed by atoms with Gasteiger partial charge in [0.25, 0.3) is 0 Å². The van der Waals surface area contributed by atoms with Crippen molar-refractivity contribution in [1.29, 1.82) is 11.1 Å². The maximum Gasteiger partial charge on any atom is 0.191 e. The molecule has 27 heavy (non-hydrogen) atoms. The lowest BCUT2D eigenvalue weighted by Crippen LogP contribution is -2.50. The number of benzene rings is 1. The number of ether oxygens (including phenoxy) is 1. The summed E-state index contributed by atoms with van der Waals surface area (Å²) in [7, 11) is 1.73. The topological polar surface area (TPSA) is 125 Å². The van der Waals surface area contributed by atoms with E-state index in [0.717, 1.165) is 19.3 Å². The summed E-state index contributed by atoms with van der Waals surface area (Å²) in [5.41, 5.74) is 23.9. The summed E-state index contributed by atoms with van der Waals surface area (Å²) in [6.45, 7) is 2.80. The standard InChI is InChI=1S/C20H32N4O.H2N2/c1-14-12-18(21)19(24(14)20(22)23-2)13-25-17-10-8-16(9-11-17)15-6-4-3-5-7-15;1-2/h3-7,14,16-19H,8-13,21H2,1-2H3,(H2,22,23);1-2H. The molecule has 0 bridgehead atoms. The largest absolute Gasteiger partial charge is 0.376 e. The number of hydrogen-bond acceptors (Lipinski definition) is 5. The van der Waals surface area contributed by atoms with Gasteiger partial charge < -0.3 is 21.1 Å². The van der Waals surface area contributed by atoms with E-state index in [9.17, 15) is 0 Å². The third-order valence-electron chi connectivity index (χ3n) is 5.88. The van der Waals surface area contributed by atoms with Crippen LogP contribution in [0.15, 0.2) is 35.3 Å². The monoisotopic (exact) mass is 374 g/mol. The highest BCUT2D eigenvalue weighted by atomic mass is 16.5. The molecule has 7 heteroatoms. The lowest BCUT2D eigenvalue weighted by Gasteiger charge is -2.33. The van der Waals surface area contributed by atoms with Crippen LogP contribution in [0, 0.1) is 11.1 Å².